The molecule has 0 spiro atoms. The topological polar surface area (TPSA) is 160 Å². The Morgan fingerprint density at radius 3 is 2.45 bits per heavy atom. The van der Waals surface area contributed by atoms with Crippen molar-refractivity contribution in [3.63, 3.8) is 0 Å². The van der Waals surface area contributed by atoms with Gasteiger partial charge in [-0.25, -0.2) is 32.3 Å². The normalized spacial score (nSPS) is 24.6. The molecule has 3 aromatic rings. The molecule has 2 aromatic carbocycles. The molecular formula is C32H33F4N7O6. The fourth-order valence-corrected chi connectivity index (χ4v) is 6.48. The summed E-state index contributed by atoms with van der Waals surface area (Å²) < 4.78 is 61.8. The Bertz CT molecular complexity index is 1730. The van der Waals surface area contributed by atoms with Gasteiger partial charge in [-0.2, -0.15) is 0 Å². The van der Waals surface area contributed by atoms with Crippen LogP contribution in [-0.2, 0) is 20.9 Å². The number of hydrogen-bond acceptors (Lipinski definition) is 9. The average molecular weight is 688 g/mol. The highest BCUT2D eigenvalue weighted by Gasteiger charge is 2.52. The van der Waals surface area contributed by atoms with Crippen molar-refractivity contribution in [2.45, 2.75) is 43.2 Å². The lowest BCUT2D eigenvalue weighted by Crippen LogP contribution is -2.57. The molecule has 4 heterocycles. The Kier molecular flexibility index (Phi) is 9.67. The maximum absolute atomic E-state index is 14.5. The number of ether oxygens (including phenoxy) is 1. The third-order valence-corrected chi connectivity index (χ3v) is 9.13. The highest BCUT2D eigenvalue weighted by atomic mass is 19.2. The SMILES string of the molecule is O=C(O)N[C@H]1C[C@@H](N2CCN(c3ncc(N4CCC(O)(C(=O)NCc5cccc(F)c5F)C4=O)cn3)CC2)CO[C@@H]1c1cc(F)ccc1F. The van der Waals surface area contributed by atoms with Crippen molar-refractivity contribution >= 4 is 29.5 Å². The molecule has 13 nitrogen and oxygen atoms in total. The number of rotatable bonds is 8. The highest BCUT2D eigenvalue weighted by Crippen LogP contribution is 2.33. The Hall–Kier alpha value is -4.87. The number of carbonyl (C=O) groups excluding carboxylic acids is 2. The number of aromatic nitrogens is 2. The minimum atomic E-state index is -2.41. The number of piperazine rings is 1. The molecule has 0 saturated carbocycles. The first-order chi connectivity index (χ1) is 23.4. The van der Waals surface area contributed by atoms with Gasteiger partial charge in [-0.3, -0.25) is 14.5 Å². The Labute approximate surface area is 277 Å². The second kappa shape index (κ2) is 13.9. The van der Waals surface area contributed by atoms with E-state index in [0.717, 1.165) is 24.3 Å². The smallest absolute Gasteiger partial charge is 0.404 e. The van der Waals surface area contributed by atoms with E-state index in [9.17, 15) is 42.2 Å². The third-order valence-electron chi connectivity index (χ3n) is 9.13. The molecule has 3 fully saturated rings. The van der Waals surface area contributed by atoms with Gasteiger partial charge in [-0.1, -0.05) is 12.1 Å². The number of anilines is 2. The van der Waals surface area contributed by atoms with Gasteiger partial charge in [0.1, 0.15) is 17.7 Å². The molecule has 1 unspecified atom stereocenters. The second-order valence-corrected chi connectivity index (χ2v) is 12.1. The molecule has 4 N–H and O–H groups in total. The van der Waals surface area contributed by atoms with Crippen molar-refractivity contribution < 1.29 is 46.9 Å². The zero-order valence-electron chi connectivity index (χ0n) is 26.0. The van der Waals surface area contributed by atoms with Gasteiger partial charge >= 0.3 is 6.09 Å². The number of hydrogen-bond donors (Lipinski definition) is 4. The largest absolute Gasteiger partial charge is 0.465 e. The van der Waals surface area contributed by atoms with E-state index in [1.165, 1.54) is 29.4 Å². The first kappa shape index (κ1) is 34.0. The van der Waals surface area contributed by atoms with Crippen molar-refractivity contribution in [1.82, 2.24) is 25.5 Å². The predicted octanol–water partition coefficient (Wildman–Crippen LogP) is 2.11. The average Bonchev–Trinajstić information content (AvgIpc) is 3.40. The number of halogens is 4. The van der Waals surface area contributed by atoms with E-state index >= 15 is 0 Å². The summed E-state index contributed by atoms with van der Waals surface area (Å²) in [5.74, 6) is -5.12. The molecule has 4 atom stereocenters. The van der Waals surface area contributed by atoms with Crippen LogP contribution in [-0.4, -0.2) is 100 Å². The fraction of sp³-hybridized carbons (Fsp3) is 0.406. The van der Waals surface area contributed by atoms with Gasteiger partial charge in [0.2, 0.25) is 11.5 Å². The zero-order chi connectivity index (χ0) is 34.9. The van der Waals surface area contributed by atoms with E-state index in [-0.39, 0.29) is 42.4 Å². The van der Waals surface area contributed by atoms with Gasteiger partial charge < -0.3 is 35.4 Å². The van der Waals surface area contributed by atoms with Crippen LogP contribution in [0.15, 0.2) is 48.8 Å². The summed E-state index contributed by atoms with van der Waals surface area (Å²) >= 11 is 0. The van der Waals surface area contributed by atoms with Crippen molar-refractivity contribution in [1.29, 1.82) is 0 Å². The van der Waals surface area contributed by atoms with Crippen LogP contribution in [0.2, 0.25) is 0 Å². The number of amides is 3. The minimum absolute atomic E-state index is 0.00758. The van der Waals surface area contributed by atoms with Crippen molar-refractivity contribution in [3.05, 3.63) is 83.2 Å². The van der Waals surface area contributed by atoms with Crippen LogP contribution in [0.3, 0.4) is 0 Å². The van der Waals surface area contributed by atoms with Gasteiger partial charge in [-0.05, 0) is 30.7 Å². The molecule has 3 aliphatic rings. The predicted molar refractivity (Wildman–Crippen MR) is 164 cm³/mol. The molecule has 3 aliphatic heterocycles. The second-order valence-electron chi connectivity index (χ2n) is 12.1. The molecule has 3 amide bonds. The summed E-state index contributed by atoms with van der Waals surface area (Å²) in [6.45, 7) is 1.85. The molecule has 0 radical (unpaired) electrons. The fourth-order valence-electron chi connectivity index (χ4n) is 6.48. The van der Waals surface area contributed by atoms with E-state index in [1.807, 2.05) is 4.90 Å². The molecule has 0 bridgehead atoms. The number of carbonyl (C=O) groups is 3. The van der Waals surface area contributed by atoms with Crippen LogP contribution in [0, 0.1) is 23.3 Å². The van der Waals surface area contributed by atoms with Gasteiger partial charge in [-0.15, -0.1) is 0 Å². The maximum atomic E-state index is 14.5. The number of aliphatic hydroxyl groups is 1. The number of benzene rings is 2. The van der Waals surface area contributed by atoms with Crippen LogP contribution in [0.1, 0.15) is 30.1 Å². The van der Waals surface area contributed by atoms with Crippen molar-refractivity contribution in [2.24, 2.45) is 0 Å². The molecule has 6 rings (SSSR count). The first-order valence-corrected chi connectivity index (χ1v) is 15.6. The molecule has 0 aliphatic carbocycles. The van der Waals surface area contributed by atoms with Gasteiger partial charge in [0, 0.05) is 62.9 Å². The van der Waals surface area contributed by atoms with Crippen molar-refractivity contribution in [3.8, 4) is 0 Å². The molecule has 3 saturated heterocycles. The lowest BCUT2D eigenvalue weighted by Gasteiger charge is -2.44. The number of nitrogens with zero attached hydrogens (tertiary/aromatic N) is 5. The maximum Gasteiger partial charge on any atom is 0.404 e. The molecular weight excluding hydrogens is 654 g/mol. The summed E-state index contributed by atoms with van der Waals surface area (Å²) in [6, 6.07) is 5.46. The van der Waals surface area contributed by atoms with Crippen LogP contribution in [0.5, 0.6) is 0 Å². The van der Waals surface area contributed by atoms with E-state index < -0.39 is 65.5 Å². The molecule has 1 aromatic heterocycles. The van der Waals surface area contributed by atoms with Gasteiger partial charge in [0.25, 0.3) is 11.8 Å². The van der Waals surface area contributed by atoms with E-state index in [4.69, 9.17) is 4.74 Å². The standard InChI is InChI=1S/C32H33F4N7O6/c33-19-4-5-23(34)22(12-19)27-25(40-31(46)47)13-20(17-49-27)41-8-10-42(11-9-41)30-38-15-21(16-39-30)43-7-6-32(48,29(43)45)28(44)37-14-18-2-1-3-24(35)26(18)36/h1-5,12,15-16,20,25,27,40,48H,6-11,13-14,17H2,(H,37,44)(H,46,47)/t20-,25+,27-,32?/m1/s1. The molecule has 17 heteroatoms. The van der Waals surface area contributed by atoms with E-state index in [1.54, 1.807) is 0 Å². The number of nitrogens with one attached hydrogen (secondary N) is 2. The first-order valence-electron chi connectivity index (χ1n) is 15.6. The van der Waals surface area contributed by atoms with Gasteiger partial charge in [0.15, 0.2) is 11.6 Å². The van der Waals surface area contributed by atoms with Gasteiger partial charge in [0.05, 0.1) is 30.7 Å². The third kappa shape index (κ3) is 7.00. The Morgan fingerprint density at radius 1 is 1.00 bits per heavy atom. The minimum Gasteiger partial charge on any atom is -0.465 e. The molecule has 49 heavy (non-hydrogen) atoms. The summed E-state index contributed by atoms with van der Waals surface area (Å²) in [5, 5.41) is 25.0. The quantitative estimate of drug-likeness (QED) is 0.204. The zero-order valence-corrected chi connectivity index (χ0v) is 26.0. The monoisotopic (exact) mass is 687 g/mol. The summed E-state index contributed by atoms with van der Waals surface area (Å²) in [7, 11) is 0. The van der Waals surface area contributed by atoms with Crippen LogP contribution in [0.25, 0.3) is 0 Å². The molecule has 260 valence electrons. The van der Waals surface area contributed by atoms with E-state index in [2.05, 4.69) is 25.5 Å². The summed E-state index contributed by atoms with van der Waals surface area (Å²) in [4.78, 5) is 51.4. The van der Waals surface area contributed by atoms with Crippen LogP contribution >= 0.6 is 0 Å². The van der Waals surface area contributed by atoms with Crippen LogP contribution in [0.4, 0.5) is 34.0 Å². The van der Waals surface area contributed by atoms with Crippen molar-refractivity contribution in [2.75, 3.05) is 49.1 Å². The van der Waals surface area contributed by atoms with E-state index in [0.29, 0.717) is 38.5 Å². The Morgan fingerprint density at radius 2 is 1.73 bits per heavy atom. The summed E-state index contributed by atoms with van der Waals surface area (Å²) in [5.41, 5.74) is -2.34. The van der Waals surface area contributed by atoms with Crippen LogP contribution < -0.4 is 20.4 Å². The summed E-state index contributed by atoms with van der Waals surface area (Å²) in [6.07, 6.45) is 0.589. The Balaban J connectivity index is 1.03. The number of carboxylic acid groups (broad SMARTS) is 1. The highest BCUT2D eigenvalue weighted by molar-refractivity contribution is 6.16. The lowest BCUT2D eigenvalue weighted by atomic mass is 9.92. The lowest BCUT2D eigenvalue weighted by molar-refractivity contribution is -0.149.